The molecule has 0 aliphatic rings. The molecule has 0 heterocycles. The van der Waals surface area contributed by atoms with Gasteiger partial charge in [-0.1, -0.05) is 18.2 Å². The van der Waals surface area contributed by atoms with Gasteiger partial charge < -0.3 is 14.8 Å². The third kappa shape index (κ3) is 7.33. The number of para-hydroxylation sites is 1. The molecule has 0 aromatic heterocycles. The summed E-state index contributed by atoms with van der Waals surface area (Å²) in [5, 5.41) is 3.19. The SMILES string of the molecule is CC(=O)OCc1cc(C(=O)CNC(C)(C)C)ccc1Oc1ccccc1C.Cl. The maximum absolute atomic E-state index is 12.5. The molecule has 0 saturated carbocycles. The second kappa shape index (κ2) is 10.2. The Balaban J connectivity index is 0.00000392. The fourth-order valence-electron chi connectivity index (χ4n) is 2.38. The first-order chi connectivity index (χ1) is 12.7. The van der Waals surface area contributed by atoms with Crippen molar-refractivity contribution in [2.45, 2.75) is 46.8 Å². The van der Waals surface area contributed by atoms with Crippen LogP contribution in [0.3, 0.4) is 0 Å². The maximum atomic E-state index is 12.5. The highest BCUT2D eigenvalue weighted by molar-refractivity contribution is 5.98. The molecule has 0 aliphatic carbocycles. The van der Waals surface area contributed by atoms with E-state index >= 15 is 0 Å². The number of hydrogen-bond acceptors (Lipinski definition) is 5. The van der Waals surface area contributed by atoms with Crippen LogP contribution in [0.15, 0.2) is 42.5 Å². The van der Waals surface area contributed by atoms with Crippen LogP contribution < -0.4 is 10.1 Å². The quantitative estimate of drug-likeness (QED) is 0.527. The van der Waals surface area contributed by atoms with Crippen molar-refractivity contribution in [1.82, 2.24) is 5.32 Å². The number of ketones is 1. The summed E-state index contributed by atoms with van der Waals surface area (Å²) in [5.41, 5.74) is 2.04. The highest BCUT2D eigenvalue weighted by atomic mass is 35.5. The molecule has 0 saturated heterocycles. The van der Waals surface area contributed by atoms with Crippen molar-refractivity contribution in [3.63, 3.8) is 0 Å². The van der Waals surface area contributed by atoms with Crippen LogP contribution in [0.5, 0.6) is 11.5 Å². The van der Waals surface area contributed by atoms with Gasteiger partial charge in [-0.25, -0.2) is 0 Å². The second-order valence-corrected chi connectivity index (χ2v) is 7.50. The standard InChI is InChI=1S/C22H27NO4.ClH/c1-15-8-6-7-9-20(15)27-21-11-10-17(12-18(21)14-26-16(2)24)19(25)13-23-22(3,4)5;/h6-12,23H,13-14H2,1-5H3;1H. The molecule has 152 valence electrons. The van der Waals surface area contributed by atoms with Crippen molar-refractivity contribution < 1.29 is 19.1 Å². The zero-order valence-electron chi connectivity index (χ0n) is 17.0. The van der Waals surface area contributed by atoms with Crippen LogP contribution in [-0.2, 0) is 16.1 Å². The molecule has 0 spiro atoms. The maximum Gasteiger partial charge on any atom is 0.302 e. The normalized spacial score (nSPS) is 10.8. The Morgan fingerprint density at radius 1 is 1.04 bits per heavy atom. The Morgan fingerprint density at radius 3 is 2.32 bits per heavy atom. The molecule has 0 bridgehead atoms. The molecular formula is C22H28ClNO4. The lowest BCUT2D eigenvalue weighted by atomic mass is 10.0. The van der Waals surface area contributed by atoms with Crippen LogP contribution in [0.1, 0.15) is 49.2 Å². The van der Waals surface area contributed by atoms with Crippen molar-refractivity contribution in [3.8, 4) is 11.5 Å². The molecule has 0 amide bonds. The Hall–Kier alpha value is -2.37. The lowest BCUT2D eigenvalue weighted by molar-refractivity contribution is -0.142. The van der Waals surface area contributed by atoms with Gasteiger partial charge in [0.1, 0.15) is 18.1 Å². The van der Waals surface area contributed by atoms with Crippen LogP contribution in [0, 0.1) is 6.92 Å². The first-order valence-corrected chi connectivity index (χ1v) is 8.94. The Kier molecular flexibility index (Phi) is 8.66. The van der Waals surface area contributed by atoms with E-state index in [2.05, 4.69) is 5.32 Å². The second-order valence-electron chi connectivity index (χ2n) is 7.50. The molecule has 2 aromatic carbocycles. The van der Waals surface area contributed by atoms with Gasteiger partial charge in [0.05, 0.1) is 6.54 Å². The fraction of sp³-hybridized carbons (Fsp3) is 0.364. The number of halogens is 1. The number of aryl methyl sites for hydroxylation is 1. The lowest BCUT2D eigenvalue weighted by Crippen LogP contribution is -2.39. The number of benzene rings is 2. The summed E-state index contributed by atoms with van der Waals surface area (Å²) >= 11 is 0. The zero-order chi connectivity index (χ0) is 20.0. The van der Waals surface area contributed by atoms with Crippen LogP contribution in [0.4, 0.5) is 0 Å². The number of esters is 1. The van der Waals surface area contributed by atoms with E-state index < -0.39 is 0 Å². The van der Waals surface area contributed by atoms with Gasteiger partial charge in [0.2, 0.25) is 0 Å². The van der Waals surface area contributed by atoms with Crippen molar-refractivity contribution in [2.75, 3.05) is 6.54 Å². The average molecular weight is 406 g/mol. The molecule has 0 atom stereocenters. The van der Waals surface area contributed by atoms with Gasteiger partial charge in [0, 0.05) is 23.6 Å². The molecule has 5 nitrogen and oxygen atoms in total. The van der Waals surface area contributed by atoms with Crippen LogP contribution >= 0.6 is 12.4 Å². The van der Waals surface area contributed by atoms with Gasteiger partial charge in [-0.3, -0.25) is 9.59 Å². The molecular weight excluding hydrogens is 378 g/mol. The van der Waals surface area contributed by atoms with Crippen LogP contribution in [0.2, 0.25) is 0 Å². The van der Waals surface area contributed by atoms with E-state index in [1.807, 2.05) is 52.0 Å². The smallest absolute Gasteiger partial charge is 0.302 e. The average Bonchev–Trinajstić information content (AvgIpc) is 2.60. The summed E-state index contributed by atoms with van der Waals surface area (Å²) < 4.78 is 11.1. The van der Waals surface area contributed by atoms with Crippen molar-refractivity contribution in [2.24, 2.45) is 0 Å². The topological polar surface area (TPSA) is 64.6 Å². The zero-order valence-corrected chi connectivity index (χ0v) is 17.8. The van der Waals surface area contributed by atoms with Gasteiger partial charge in [-0.2, -0.15) is 0 Å². The minimum atomic E-state index is -0.386. The van der Waals surface area contributed by atoms with E-state index in [1.54, 1.807) is 18.2 Å². The molecule has 0 fully saturated rings. The molecule has 2 rings (SSSR count). The van der Waals surface area contributed by atoms with E-state index in [-0.39, 0.29) is 42.9 Å². The molecule has 1 N–H and O–H groups in total. The highest BCUT2D eigenvalue weighted by Crippen LogP contribution is 2.29. The van der Waals surface area contributed by atoms with E-state index in [1.165, 1.54) is 6.92 Å². The van der Waals surface area contributed by atoms with Crippen molar-refractivity contribution >= 4 is 24.2 Å². The predicted octanol–water partition coefficient (Wildman–Crippen LogP) is 4.84. The minimum absolute atomic E-state index is 0. The van der Waals surface area contributed by atoms with E-state index in [0.29, 0.717) is 16.9 Å². The summed E-state index contributed by atoms with van der Waals surface area (Å²) in [6.07, 6.45) is 0. The van der Waals surface area contributed by atoms with Crippen LogP contribution in [-0.4, -0.2) is 23.8 Å². The third-order valence-electron chi connectivity index (χ3n) is 3.91. The lowest BCUT2D eigenvalue weighted by Gasteiger charge is -2.20. The van der Waals surface area contributed by atoms with Crippen molar-refractivity contribution in [1.29, 1.82) is 0 Å². The Morgan fingerprint density at radius 2 is 1.71 bits per heavy atom. The van der Waals surface area contributed by atoms with Gasteiger partial charge in [0.25, 0.3) is 0 Å². The van der Waals surface area contributed by atoms with E-state index in [0.717, 1.165) is 11.3 Å². The summed E-state index contributed by atoms with van der Waals surface area (Å²) in [5.74, 6) is 0.861. The third-order valence-corrected chi connectivity index (χ3v) is 3.91. The first kappa shape index (κ1) is 23.7. The number of carbonyl (C=O) groups is 2. The molecule has 0 radical (unpaired) electrons. The van der Waals surface area contributed by atoms with E-state index in [9.17, 15) is 9.59 Å². The Bertz CT molecular complexity index is 828. The monoisotopic (exact) mass is 405 g/mol. The number of carbonyl (C=O) groups excluding carboxylic acids is 2. The largest absolute Gasteiger partial charge is 0.461 e. The van der Waals surface area contributed by atoms with Gasteiger partial charge in [-0.15, -0.1) is 12.4 Å². The summed E-state index contributed by atoms with van der Waals surface area (Å²) in [7, 11) is 0. The summed E-state index contributed by atoms with van der Waals surface area (Å²) in [6, 6.07) is 12.9. The number of rotatable bonds is 7. The first-order valence-electron chi connectivity index (χ1n) is 8.94. The number of Topliss-reactive ketones (excluding diaryl/α,β-unsaturated/α-hetero) is 1. The number of nitrogens with one attached hydrogen (secondary N) is 1. The summed E-state index contributed by atoms with van der Waals surface area (Å²) in [4.78, 5) is 23.7. The Labute approximate surface area is 172 Å². The van der Waals surface area contributed by atoms with E-state index in [4.69, 9.17) is 9.47 Å². The van der Waals surface area contributed by atoms with Gasteiger partial charge >= 0.3 is 5.97 Å². The minimum Gasteiger partial charge on any atom is -0.461 e. The van der Waals surface area contributed by atoms with Gasteiger partial charge in [-0.05, 0) is 57.5 Å². The molecule has 6 heteroatoms. The molecule has 2 aromatic rings. The molecule has 0 aliphatic heterocycles. The predicted molar refractivity (Wildman–Crippen MR) is 112 cm³/mol. The highest BCUT2D eigenvalue weighted by Gasteiger charge is 2.16. The van der Waals surface area contributed by atoms with Crippen molar-refractivity contribution in [3.05, 3.63) is 59.2 Å². The fourth-order valence-corrected chi connectivity index (χ4v) is 2.38. The molecule has 0 unspecified atom stereocenters. The number of ether oxygens (including phenoxy) is 2. The summed E-state index contributed by atoms with van der Waals surface area (Å²) in [6.45, 7) is 9.60. The number of hydrogen-bond donors (Lipinski definition) is 1. The van der Waals surface area contributed by atoms with Crippen LogP contribution in [0.25, 0.3) is 0 Å². The van der Waals surface area contributed by atoms with Gasteiger partial charge in [0.15, 0.2) is 5.78 Å². The molecule has 28 heavy (non-hydrogen) atoms.